The Morgan fingerprint density at radius 2 is 1.33 bits per heavy atom. The topological polar surface area (TPSA) is 57.2 Å². The summed E-state index contributed by atoms with van der Waals surface area (Å²) in [4.78, 5) is 0. The van der Waals surface area contributed by atoms with Crippen molar-refractivity contribution in [3.05, 3.63) is 47.0 Å². The predicted molar refractivity (Wildman–Crippen MR) is 105 cm³/mol. The number of phenolic OH excluding ortho intramolecular Hbond substituents is 1. The largest absolute Gasteiger partial charge is 0.504 e. The second kappa shape index (κ2) is 8.25. The van der Waals surface area contributed by atoms with Gasteiger partial charge in [0.25, 0.3) is 0 Å². The molecule has 144 valence electrons. The highest BCUT2D eigenvalue weighted by atomic mass is 16.5. The minimum Gasteiger partial charge on any atom is -0.504 e. The van der Waals surface area contributed by atoms with Crippen molar-refractivity contribution in [2.75, 3.05) is 28.4 Å². The van der Waals surface area contributed by atoms with Gasteiger partial charge in [-0.3, -0.25) is 0 Å². The molecule has 1 fully saturated rings. The highest BCUT2D eigenvalue weighted by Gasteiger charge is 2.21. The summed E-state index contributed by atoms with van der Waals surface area (Å²) in [5, 5.41) is 10.3. The van der Waals surface area contributed by atoms with Crippen molar-refractivity contribution in [1.29, 1.82) is 0 Å². The summed E-state index contributed by atoms with van der Waals surface area (Å²) in [7, 11) is 6.37. The van der Waals surface area contributed by atoms with Gasteiger partial charge in [0.2, 0.25) is 5.75 Å². The van der Waals surface area contributed by atoms with E-state index in [0.29, 0.717) is 23.0 Å². The van der Waals surface area contributed by atoms with Crippen molar-refractivity contribution in [3.8, 4) is 28.7 Å². The van der Waals surface area contributed by atoms with Crippen LogP contribution in [-0.2, 0) is 0 Å². The van der Waals surface area contributed by atoms with Crippen LogP contribution in [0.15, 0.2) is 35.9 Å². The van der Waals surface area contributed by atoms with Crippen LogP contribution in [0.1, 0.15) is 36.8 Å². The van der Waals surface area contributed by atoms with Crippen molar-refractivity contribution in [2.45, 2.75) is 25.7 Å². The zero-order chi connectivity index (χ0) is 19.4. The molecule has 0 bridgehead atoms. The summed E-state index contributed by atoms with van der Waals surface area (Å²) >= 11 is 0. The average molecular weight is 370 g/mol. The first kappa shape index (κ1) is 19.0. The zero-order valence-corrected chi connectivity index (χ0v) is 16.3. The van der Waals surface area contributed by atoms with E-state index in [0.717, 1.165) is 29.5 Å². The molecule has 0 aliphatic heterocycles. The summed E-state index contributed by atoms with van der Waals surface area (Å²) < 4.78 is 21.7. The Hall–Kier alpha value is -2.82. The predicted octanol–water partition coefficient (Wildman–Crippen LogP) is 4.80. The fourth-order valence-electron chi connectivity index (χ4n) is 3.70. The number of ether oxygens (including phenoxy) is 4. The van der Waals surface area contributed by atoms with Gasteiger partial charge in [0.1, 0.15) is 0 Å². The van der Waals surface area contributed by atoms with E-state index in [1.54, 1.807) is 40.6 Å². The van der Waals surface area contributed by atoms with Gasteiger partial charge in [-0.05, 0) is 66.6 Å². The molecule has 1 aliphatic carbocycles. The molecule has 27 heavy (non-hydrogen) atoms. The van der Waals surface area contributed by atoms with E-state index in [4.69, 9.17) is 18.9 Å². The fraction of sp³-hybridized carbons (Fsp3) is 0.364. The Balaban J connectivity index is 2.21. The number of phenols is 1. The van der Waals surface area contributed by atoms with E-state index < -0.39 is 0 Å². The molecule has 1 saturated carbocycles. The summed E-state index contributed by atoms with van der Waals surface area (Å²) in [5.74, 6) is 2.37. The van der Waals surface area contributed by atoms with Crippen LogP contribution in [0.4, 0.5) is 0 Å². The molecular formula is C22H26O5. The van der Waals surface area contributed by atoms with E-state index in [-0.39, 0.29) is 5.75 Å². The van der Waals surface area contributed by atoms with Crippen molar-refractivity contribution in [2.24, 2.45) is 0 Å². The lowest BCUT2D eigenvalue weighted by Gasteiger charge is -2.18. The number of benzene rings is 2. The van der Waals surface area contributed by atoms with Gasteiger partial charge in [-0.15, -0.1) is 0 Å². The summed E-state index contributed by atoms with van der Waals surface area (Å²) in [6.07, 6.45) is 4.42. The first-order chi connectivity index (χ1) is 13.1. The normalized spacial score (nSPS) is 13.4. The van der Waals surface area contributed by atoms with Gasteiger partial charge < -0.3 is 24.1 Å². The first-order valence-corrected chi connectivity index (χ1v) is 9.02. The molecule has 0 heterocycles. The minimum atomic E-state index is 0.124. The molecule has 0 atom stereocenters. The maximum atomic E-state index is 10.3. The van der Waals surface area contributed by atoms with E-state index >= 15 is 0 Å². The number of hydrogen-bond acceptors (Lipinski definition) is 5. The monoisotopic (exact) mass is 370 g/mol. The lowest BCUT2D eigenvalue weighted by atomic mass is 9.91. The number of hydrogen-bond donors (Lipinski definition) is 1. The van der Waals surface area contributed by atoms with Crippen LogP contribution in [0.3, 0.4) is 0 Å². The SMILES string of the molecule is COc1ccc(C(=C2CCCC2)c2cc(OC)c(OC)c(OC)c2)cc1O. The molecule has 3 rings (SSSR count). The van der Waals surface area contributed by atoms with E-state index in [9.17, 15) is 5.11 Å². The quantitative estimate of drug-likeness (QED) is 0.791. The summed E-state index contributed by atoms with van der Waals surface area (Å²) in [5.41, 5.74) is 4.39. The smallest absolute Gasteiger partial charge is 0.203 e. The standard InChI is InChI=1S/C22H26O5/c1-24-18-10-9-15(11-17(18)23)21(14-7-5-6-8-14)16-12-19(25-2)22(27-4)20(13-16)26-3/h9-13,23H,5-8H2,1-4H3. The third kappa shape index (κ3) is 3.68. The molecule has 0 spiro atoms. The molecule has 5 heteroatoms. The Kier molecular flexibility index (Phi) is 5.79. The molecule has 1 N–H and O–H groups in total. The molecule has 2 aromatic rings. The highest BCUT2D eigenvalue weighted by Crippen LogP contribution is 2.44. The minimum absolute atomic E-state index is 0.124. The molecule has 5 nitrogen and oxygen atoms in total. The third-order valence-electron chi connectivity index (χ3n) is 4.98. The Morgan fingerprint density at radius 1 is 0.741 bits per heavy atom. The van der Waals surface area contributed by atoms with E-state index in [1.807, 2.05) is 18.2 Å². The van der Waals surface area contributed by atoms with Crippen LogP contribution >= 0.6 is 0 Å². The molecule has 0 unspecified atom stereocenters. The first-order valence-electron chi connectivity index (χ1n) is 9.02. The van der Waals surface area contributed by atoms with Crippen LogP contribution < -0.4 is 18.9 Å². The number of aromatic hydroxyl groups is 1. The fourth-order valence-corrected chi connectivity index (χ4v) is 3.70. The van der Waals surface area contributed by atoms with Crippen LogP contribution in [0, 0.1) is 0 Å². The zero-order valence-electron chi connectivity index (χ0n) is 16.3. The number of rotatable bonds is 6. The molecule has 0 aromatic heterocycles. The van der Waals surface area contributed by atoms with Gasteiger partial charge in [-0.2, -0.15) is 0 Å². The van der Waals surface area contributed by atoms with Crippen LogP contribution in [0.25, 0.3) is 5.57 Å². The van der Waals surface area contributed by atoms with Crippen LogP contribution in [-0.4, -0.2) is 33.5 Å². The lowest BCUT2D eigenvalue weighted by molar-refractivity contribution is 0.324. The third-order valence-corrected chi connectivity index (χ3v) is 4.98. The Morgan fingerprint density at radius 3 is 1.81 bits per heavy atom. The molecule has 0 saturated heterocycles. The number of methoxy groups -OCH3 is 4. The van der Waals surface area contributed by atoms with Crippen molar-refractivity contribution in [1.82, 2.24) is 0 Å². The maximum Gasteiger partial charge on any atom is 0.203 e. The van der Waals surface area contributed by atoms with E-state index in [1.165, 1.54) is 18.4 Å². The second-order valence-corrected chi connectivity index (χ2v) is 6.49. The molecule has 1 aliphatic rings. The molecule has 0 radical (unpaired) electrons. The number of allylic oxidation sites excluding steroid dienone is 1. The second-order valence-electron chi connectivity index (χ2n) is 6.49. The summed E-state index contributed by atoms with van der Waals surface area (Å²) in [6, 6.07) is 9.44. The maximum absolute atomic E-state index is 10.3. The Bertz CT molecular complexity index is 821. The summed E-state index contributed by atoms with van der Waals surface area (Å²) in [6.45, 7) is 0. The van der Waals surface area contributed by atoms with Crippen molar-refractivity contribution >= 4 is 5.57 Å². The van der Waals surface area contributed by atoms with Gasteiger partial charge >= 0.3 is 0 Å². The lowest BCUT2D eigenvalue weighted by Crippen LogP contribution is -1.99. The van der Waals surface area contributed by atoms with Gasteiger partial charge in [0.15, 0.2) is 23.0 Å². The van der Waals surface area contributed by atoms with Gasteiger partial charge in [0, 0.05) is 0 Å². The van der Waals surface area contributed by atoms with E-state index in [2.05, 4.69) is 0 Å². The Labute approximate surface area is 160 Å². The van der Waals surface area contributed by atoms with Crippen molar-refractivity contribution in [3.63, 3.8) is 0 Å². The van der Waals surface area contributed by atoms with Crippen molar-refractivity contribution < 1.29 is 24.1 Å². The van der Waals surface area contributed by atoms with Crippen LogP contribution in [0.2, 0.25) is 0 Å². The van der Waals surface area contributed by atoms with Crippen LogP contribution in [0.5, 0.6) is 28.7 Å². The van der Waals surface area contributed by atoms with Gasteiger partial charge in [-0.25, -0.2) is 0 Å². The molecule has 2 aromatic carbocycles. The highest BCUT2D eigenvalue weighted by molar-refractivity contribution is 5.85. The van der Waals surface area contributed by atoms with Gasteiger partial charge in [-0.1, -0.05) is 11.6 Å². The van der Waals surface area contributed by atoms with Gasteiger partial charge in [0.05, 0.1) is 28.4 Å². The molecule has 0 amide bonds. The molecular weight excluding hydrogens is 344 g/mol. The average Bonchev–Trinajstić information content (AvgIpc) is 3.21.